The lowest BCUT2D eigenvalue weighted by Gasteiger charge is -2.35. The van der Waals surface area contributed by atoms with Crippen LogP contribution in [-0.2, 0) is 24.7 Å². The average molecular weight is 532 g/mol. The summed E-state index contributed by atoms with van der Waals surface area (Å²) in [5.74, 6) is -1.91. The summed E-state index contributed by atoms with van der Waals surface area (Å²) in [5, 5.41) is 11.7. The number of aliphatic hydroxyl groups is 1. The predicted octanol–water partition coefficient (Wildman–Crippen LogP) is 2.83. The van der Waals surface area contributed by atoms with Crippen molar-refractivity contribution in [2.75, 3.05) is 57.9 Å². The largest absolute Gasteiger partial charge is 0.507 e. The van der Waals surface area contributed by atoms with Crippen LogP contribution in [0.1, 0.15) is 23.1 Å². The van der Waals surface area contributed by atoms with Crippen molar-refractivity contribution >= 4 is 29.0 Å². The number of anilines is 1. The van der Waals surface area contributed by atoms with Crippen LogP contribution in [-0.4, -0.2) is 85.6 Å². The van der Waals surface area contributed by atoms with Gasteiger partial charge in [-0.2, -0.15) is 0 Å². The van der Waals surface area contributed by atoms with Gasteiger partial charge in [0.05, 0.1) is 31.6 Å². The Hall–Kier alpha value is -3.95. The van der Waals surface area contributed by atoms with Crippen LogP contribution >= 0.6 is 0 Å². The van der Waals surface area contributed by atoms with E-state index in [1.54, 1.807) is 55.7 Å². The number of Topliss-reactive ketones (excluding diaryl/α,β-unsaturated/α-hetero) is 1. The molecule has 9 heteroatoms. The summed E-state index contributed by atoms with van der Waals surface area (Å²) >= 11 is 0. The molecule has 5 rings (SSSR count). The number of fused-ring (bicyclic) bond motifs is 2. The monoisotopic (exact) mass is 531 g/mol. The molecule has 2 aromatic rings. The van der Waals surface area contributed by atoms with Crippen LogP contribution in [0.5, 0.6) is 5.75 Å². The quantitative estimate of drug-likeness (QED) is 0.242. The summed E-state index contributed by atoms with van der Waals surface area (Å²) in [6, 6.07) is 12.1. The number of likely N-dealkylation sites (tertiary alicyclic amines) is 1. The highest BCUT2D eigenvalue weighted by Crippen LogP contribution is 2.53. The number of methoxy groups -OCH3 is 1. The molecule has 0 radical (unpaired) electrons. The lowest BCUT2D eigenvalue weighted by atomic mass is 9.81. The molecule has 1 N–H and O–H groups in total. The molecular formula is C30H33N3O6. The van der Waals surface area contributed by atoms with Crippen molar-refractivity contribution in [3.8, 4) is 5.75 Å². The molecule has 1 spiro atoms. The lowest BCUT2D eigenvalue weighted by Crippen LogP contribution is -2.52. The van der Waals surface area contributed by atoms with Crippen LogP contribution in [0.4, 0.5) is 5.69 Å². The van der Waals surface area contributed by atoms with E-state index in [1.165, 1.54) is 9.80 Å². The van der Waals surface area contributed by atoms with Gasteiger partial charge in [0.2, 0.25) is 0 Å². The second kappa shape index (κ2) is 10.7. The van der Waals surface area contributed by atoms with Crippen molar-refractivity contribution < 1.29 is 29.0 Å². The number of carbonyl (C=O) groups is 3. The number of benzene rings is 2. The molecule has 1 unspecified atom stereocenters. The number of nitrogens with zero attached hydrogens (tertiary/aromatic N) is 3. The van der Waals surface area contributed by atoms with Gasteiger partial charge in [-0.05, 0) is 43.2 Å². The van der Waals surface area contributed by atoms with E-state index in [4.69, 9.17) is 9.47 Å². The molecule has 0 aliphatic carbocycles. The Morgan fingerprint density at radius 2 is 1.87 bits per heavy atom. The molecule has 3 heterocycles. The van der Waals surface area contributed by atoms with Crippen LogP contribution in [0.25, 0.3) is 5.76 Å². The third-order valence-corrected chi connectivity index (χ3v) is 7.75. The van der Waals surface area contributed by atoms with Crippen molar-refractivity contribution in [1.82, 2.24) is 9.80 Å². The van der Waals surface area contributed by atoms with Gasteiger partial charge in [0, 0.05) is 43.9 Å². The normalized spacial score (nSPS) is 22.6. The summed E-state index contributed by atoms with van der Waals surface area (Å²) in [7, 11) is 1.55. The molecule has 2 saturated heterocycles. The van der Waals surface area contributed by atoms with Crippen molar-refractivity contribution in [2.45, 2.75) is 18.9 Å². The molecule has 2 amide bonds. The maximum absolute atomic E-state index is 14.4. The molecule has 204 valence electrons. The minimum absolute atomic E-state index is 0.169. The molecular weight excluding hydrogens is 498 g/mol. The number of aliphatic hydroxyl groups excluding tert-OH is 1. The van der Waals surface area contributed by atoms with E-state index in [-0.39, 0.29) is 18.7 Å². The first-order valence-electron chi connectivity index (χ1n) is 13.1. The Kier molecular flexibility index (Phi) is 7.29. The van der Waals surface area contributed by atoms with Gasteiger partial charge >= 0.3 is 0 Å². The van der Waals surface area contributed by atoms with Crippen LogP contribution in [0.2, 0.25) is 0 Å². The van der Waals surface area contributed by atoms with Crippen molar-refractivity contribution in [1.29, 1.82) is 0 Å². The van der Waals surface area contributed by atoms with Gasteiger partial charge < -0.3 is 24.4 Å². The predicted molar refractivity (Wildman–Crippen MR) is 147 cm³/mol. The van der Waals surface area contributed by atoms with E-state index in [0.717, 1.165) is 18.7 Å². The summed E-state index contributed by atoms with van der Waals surface area (Å²) in [6.07, 6.45) is 2.15. The lowest BCUT2D eigenvalue weighted by molar-refractivity contribution is -0.143. The molecule has 3 aliphatic rings. The molecule has 39 heavy (non-hydrogen) atoms. The zero-order valence-corrected chi connectivity index (χ0v) is 22.3. The smallest absolute Gasteiger partial charge is 0.296 e. The second-order valence-electron chi connectivity index (χ2n) is 9.93. The number of ketones is 1. The highest BCUT2D eigenvalue weighted by molar-refractivity contribution is 6.50. The first kappa shape index (κ1) is 26.6. The number of carbonyl (C=O) groups excluding carboxylic acids is 3. The fourth-order valence-corrected chi connectivity index (χ4v) is 5.92. The number of hydrogen-bond acceptors (Lipinski definition) is 7. The summed E-state index contributed by atoms with van der Waals surface area (Å²) in [5.41, 5.74) is 0.144. The number of hydrogen-bond donors (Lipinski definition) is 1. The first-order chi connectivity index (χ1) is 18.9. The maximum atomic E-state index is 14.4. The van der Waals surface area contributed by atoms with E-state index in [0.29, 0.717) is 48.7 Å². The van der Waals surface area contributed by atoms with Gasteiger partial charge in [-0.25, -0.2) is 0 Å². The fourth-order valence-electron chi connectivity index (χ4n) is 5.92. The van der Waals surface area contributed by atoms with E-state index in [9.17, 15) is 19.5 Å². The minimum Gasteiger partial charge on any atom is -0.507 e. The number of rotatable bonds is 8. The van der Waals surface area contributed by atoms with Gasteiger partial charge in [-0.3, -0.25) is 19.3 Å². The van der Waals surface area contributed by atoms with Crippen molar-refractivity contribution in [2.24, 2.45) is 0 Å². The van der Waals surface area contributed by atoms with Crippen LogP contribution in [0.15, 0.2) is 60.7 Å². The summed E-state index contributed by atoms with van der Waals surface area (Å²) in [6.45, 7) is 9.53. The number of aryl methyl sites for hydroxylation is 1. The van der Waals surface area contributed by atoms with Gasteiger partial charge in [-0.1, -0.05) is 24.3 Å². The van der Waals surface area contributed by atoms with E-state index in [2.05, 4.69) is 11.5 Å². The van der Waals surface area contributed by atoms with Gasteiger partial charge in [0.25, 0.3) is 17.6 Å². The molecule has 3 aliphatic heterocycles. The number of amides is 2. The van der Waals surface area contributed by atoms with Gasteiger partial charge in [-0.15, -0.1) is 6.58 Å². The Labute approximate surface area is 227 Å². The molecule has 9 nitrogen and oxygen atoms in total. The van der Waals surface area contributed by atoms with Crippen LogP contribution < -0.4 is 9.64 Å². The van der Waals surface area contributed by atoms with Gasteiger partial charge in [0.15, 0.2) is 5.54 Å². The standard InChI is InChI=1S/C30H33N3O6/c1-4-12-32-23-9-6-5-8-22(23)30(29(32)37)25(26(34)21-10-11-24(38-3)20(2)19-21)27(35)28(36)33(30)14-7-13-31-15-17-39-18-16-31/h4-6,8-11,19,34H,1,7,12-18H2,2-3H3/b26-25+. The second-order valence-corrected chi connectivity index (χ2v) is 9.93. The van der Waals surface area contributed by atoms with E-state index >= 15 is 0 Å². The summed E-state index contributed by atoms with van der Waals surface area (Å²) < 4.78 is 10.8. The third kappa shape index (κ3) is 4.22. The van der Waals surface area contributed by atoms with Gasteiger partial charge in [0.1, 0.15) is 11.5 Å². The molecule has 0 aromatic heterocycles. The highest BCUT2D eigenvalue weighted by atomic mass is 16.5. The molecule has 0 saturated carbocycles. The van der Waals surface area contributed by atoms with Crippen LogP contribution in [0.3, 0.4) is 0 Å². The SMILES string of the molecule is C=CCN1C(=O)C2(/C(=C(/O)c3ccc(OC)c(C)c3)C(=O)C(=O)N2CCCN2CCOCC2)c2ccccc21. The Morgan fingerprint density at radius 3 is 2.56 bits per heavy atom. The van der Waals surface area contributed by atoms with Crippen molar-refractivity contribution in [3.63, 3.8) is 0 Å². The Bertz CT molecular complexity index is 1360. The maximum Gasteiger partial charge on any atom is 0.296 e. The fraction of sp³-hybridized carbons (Fsp3) is 0.367. The van der Waals surface area contributed by atoms with Crippen LogP contribution in [0, 0.1) is 6.92 Å². The number of ether oxygens (including phenoxy) is 2. The minimum atomic E-state index is -1.78. The number of para-hydroxylation sites is 1. The van der Waals surface area contributed by atoms with Crippen molar-refractivity contribution in [3.05, 3.63) is 77.4 Å². The average Bonchev–Trinajstić information content (AvgIpc) is 3.32. The molecule has 0 bridgehead atoms. The highest BCUT2D eigenvalue weighted by Gasteiger charge is 2.66. The zero-order valence-electron chi connectivity index (χ0n) is 22.3. The Morgan fingerprint density at radius 1 is 1.13 bits per heavy atom. The van der Waals surface area contributed by atoms with E-state index in [1.807, 2.05) is 6.92 Å². The number of morpholine rings is 1. The third-order valence-electron chi connectivity index (χ3n) is 7.75. The zero-order chi connectivity index (χ0) is 27.7. The summed E-state index contributed by atoms with van der Waals surface area (Å²) in [4.78, 5) is 46.9. The molecule has 1 atom stereocenters. The molecule has 2 aromatic carbocycles. The Balaban J connectivity index is 1.66. The molecule has 2 fully saturated rings. The van der Waals surface area contributed by atoms with E-state index < -0.39 is 28.9 Å². The first-order valence-corrected chi connectivity index (χ1v) is 13.1. The topological polar surface area (TPSA) is 99.6 Å².